The number of pyridine rings is 1. The minimum atomic E-state index is -0.565. The number of halogens is 1. The van der Waals surface area contributed by atoms with E-state index in [1.807, 2.05) is 0 Å². The smallest absolute Gasteiger partial charge is 0.343 e. The third-order valence-electron chi connectivity index (χ3n) is 3.96. The molecule has 1 aromatic carbocycles. The van der Waals surface area contributed by atoms with Crippen LogP contribution in [0.3, 0.4) is 0 Å². The summed E-state index contributed by atoms with van der Waals surface area (Å²) in [6, 6.07) is 4.99. The molecule has 0 bridgehead atoms. The van der Waals surface area contributed by atoms with Crippen LogP contribution in [0.1, 0.15) is 21.6 Å². The number of nitrogens with one attached hydrogen (secondary N) is 1. The zero-order valence-corrected chi connectivity index (χ0v) is 16.0. The lowest BCUT2D eigenvalue weighted by Crippen LogP contribution is -2.25. The molecule has 8 nitrogen and oxygen atoms in total. The lowest BCUT2D eigenvalue weighted by atomic mass is 10.1. The Morgan fingerprint density at radius 3 is 2.68 bits per heavy atom. The molecule has 0 aliphatic rings. The molecule has 1 N–H and O–H groups in total. The number of hydrogen-bond donors (Lipinski definition) is 1. The highest BCUT2D eigenvalue weighted by Crippen LogP contribution is 2.28. The van der Waals surface area contributed by atoms with E-state index in [4.69, 9.17) is 21.1 Å². The number of carbonyl (C=O) groups is 2. The maximum atomic E-state index is 12.2. The zero-order valence-electron chi connectivity index (χ0n) is 15.2. The largest absolute Gasteiger partial charge is 0.480 e. The van der Waals surface area contributed by atoms with E-state index in [1.54, 1.807) is 24.4 Å². The van der Waals surface area contributed by atoms with Crippen LogP contribution in [0.25, 0.3) is 10.9 Å². The first-order valence-electron chi connectivity index (χ1n) is 8.29. The minimum Gasteiger partial charge on any atom is -0.480 e. The van der Waals surface area contributed by atoms with Crippen molar-refractivity contribution in [2.75, 3.05) is 14.2 Å². The van der Waals surface area contributed by atoms with E-state index in [9.17, 15) is 9.59 Å². The van der Waals surface area contributed by atoms with Crippen LogP contribution < -0.4 is 10.1 Å². The second-order valence-corrected chi connectivity index (χ2v) is 6.26. The standard InChI is InChI=1S/C19H17ClN4O4/c1-27-18-15(19(26)28-2)7-11-5-13(20)6-12(17(11)24-18)9-23-16(25)8-14-10-21-3-4-22-14/h3-7,10H,8-9H2,1-2H3,(H,23,25). The van der Waals surface area contributed by atoms with Crippen molar-refractivity contribution in [3.63, 3.8) is 0 Å². The topological polar surface area (TPSA) is 103 Å². The number of nitrogens with zero attached hydrogens (tertiary/aromatic N) is 3. The van der Waals surface area contributed by atoms with E-state index in [-0.39, 0.29) is 30.3 Å². The first-order valence-corrected chi connectivity index (χ1v) is 8.66. The summed E-state index contributed by atoms with van der Waals surface area (Å²) in [6.45, 7) is 0.198. The van der Waals surface area contributed by atoms with E-state index in [2.05, 4.69) is 20.3 Å². The summed E-state index contributed by atoms with van der Waals surface area (Å²) >= 11 is 6.20. The molecule has 3 rings (SSSR count). The molecular weight excluding hydrogens is 384 g/mol. The van der Waals surface area contributed by atoms with E-state index < -0.39 is 5.97 Å². The zero-order chi connectivity index (χ0) is 20.1. The van der Waals surface area contributed by atoms with Gasteiger partial charge in [-0.1, -0.05) is 11.6 Å². The molecule has 28 heavy (non-hydrogen) atoms. The molecule has 0 fully saturated rings. The van der Waals surface area contributed by atoms with Gasteiger partial charge in [0, 0.05) is 35.5 Å². The van der Waals surface area contributed by atoms with Gasteiger partial charge in [0.2, 0.25) is 11.8 Å². The van der Waals surface area contributed by atoms with Gasteiger partial charge in [-0.05, 0) is 23.8 Å². The molecule has 0 radical (unpaired) electrons. The van der Waals surface area contributed by atoms with Gasteiger partial charge in [-0.3, -0.25) is 14.8 Å². The van der Waals surface area contributed by atoms with Crippen molar-refractivity contribution in [3.8, 4) is 5.88 Å². The molecule has 2 aromatic heterocycles. The maximum absolute atomic E-state index is 12.2. The highest BCUT2D eigenvalue weighted by atomic mass is 35.5. The molecule has 0 atom stereocenters. The first kappa shape index (κ1) is 19.5. The Balaban J connectivity index is 1.88. The van der Waals surface area contributed by atoms with Crippen LogP contribution in [0.5, 0.6) is 5.88 Å². The normalized spacial score (nSPS) is 10.5. The monoisotopic (exact) mass is 400 g/mol. The summed E-state index contributed by atoms with van der Waals surface area (Å²) in [5, 5.41) is 3.90. The second kappa shape index (κ2) is 8.62. The Hall–Kier alpha value is -3.26. The van der Waals surface area contributed by atoms with Crippen molar-refractivity contribution < 1.29 is 19.1 Å². The predicted molar refractivity (Wildman–Crippen MR) is 102 cm³/mol. The molecule has 3 aromatic rings. The Labute approximate surface area is 165 Å². The molecular formula is C19H17ClN4O4. The van der Waals surface area contributed by atoms with Crippen LogP contribution in [0.15, 0.2) is 36.8 Å². The summed E-state index contributed by atoms with van der Waals surface area (Å²) in [5.74, 6) is -0.648. The van der Waals surface area contributed by atoms with E-state index in [1.165, 1.54) is 26.6 Å². The minimum absolute atomic E-state index is 0.107. The van der Waals surface area contributed by atoms with Gasteiger partial charge in [-0.25, -0.2) is 9.78 Å². The summed E-state index contributed by atoms with van der Waals surface area (Å²) in [7, 11) is 2.70. The third-order valence-corrected chi connectivity index (χ3v) is 4.18. The Morgan fingerprint density at radius 2 is 2.00 bits per heavy atom. The first-order chi connectivity index (χ1) is 13.5. The lowest BCUT2D eigenvalue weighted by molar-refractivity contribution is -0.120. The van der Waals surface area contributed by atoms with Gasteiger partial charge < -0.3 is 14.8 Å². The number of fused-ring (bicyclic) bond motifs is 1. The Kier molecular flexibility index (Phi) is 6.00. The van der Waals surface area contributed by atoms with Crippen molar-refractivity contribution >= 4 is 34.4 Å². The summed E-state index contributed by atoms with van der Waals surface area (Å²) < 4.78 is 9.98. The summed E-state index contributed by atoms with van der Waals surface area (Å²) in [4.78, 5) is 36.6. The summed E-state index contributed by atoms with van der Waals surface area (Å²) in [6.07, 6.45) is 4.72. The van der Waals surface area contributed by atoms with Gasteiger partial charge in [0.05, 0.1) is 31.9 Å². The third kappa shape index (κ3) is 4.34. The fourth-order valence-corrected chi connectivity index (χ4v) is 2.94. The number of rotatable bonds is 6. The molecule has 0 aliphatic carbocycles. The average molecular weight is 401 g/mol. The maximum Gasteiger partial charge on any atom is 0.343 e. The van der Waals surface area contributed by atoms with Gasteiger partial charge in [-0.2, -0.15) is 0 Å². The number of methoxy groups -OCH3 is 2. The van der Waals surface area contributed by atoms with Crippen LogP contribution in [0, 0.1) is 0 Å². The predicted octanol–water partition coefficient (Wildman–Crippen LogP) is 2.33. The molecule has 0 saturated heterocycles. The van der Waals surface area contributed by atoms with Crippen molar-refractivity contribution in [3.05, 3.63) is 58.6 Å². The van der Waals surface area contributed by atoms with Crippen LogP contribution in [-0.2, 0) is 22.5 Å². The fourth-order valence-electron chi connectivity index (χ4n) is 2.69. The van der Waals surface area contributed by atoms with Gasteiger partial charge in [0.15, 0.2) is 0 Å². The van der Waals surface area contributed by atoms with Crippen LogP contribution in [-0.4, -0.2) is 41.0 Å². The van der Waals surface area contributed by atoms with Crippen molar-refractivity contribution in [1.29, 1.82) is 0 Å². The molecule has 144 valence electrons. The van der Waals surface area contributed by atoms with Gasteiger partial charge in [0.25, 0.3) is 0 Å². The average Bonchev–Trinajstić information content (AvgIpc) is 2.71. The van der Waals surface area contributed by atoms with E-state index >= 15 is 0 Å². The molecule has 9 heteroatoms. The van der Waals surface area contributed by atoms with Gasteiger partial charge in [-0.15, -0.1) is 0 Å². The summed E-state index contributed by atoms with van der Waals surface area (Å²) in [5.41, 5.74) is 2.01. The van der Waals surface area contributed by atoms with E-state index in [0.717, 1.165) is 0 Å². The number of ether oxygens (including phenoxy) is 2. The lowest BCUT2D eigenvalue weighted by Gasteiger charge is -2.12. The highest BCUT2D eigenvalue weighted by molar-refractivity contribution is 6.31. The van der Waals surface area contributed by atoms with Crippen molar-refractivity contribution in [2.45, 2.75) is 13.0 Å². The molecule has 1 amide bonds. The van der Waals surface area contributed by atoms with Crippen LogP contribution >= 0.6 is 11.6 Å². The Bertz CT molecular complexity index is 1030. The fraction of sp³-hybridized carbons (Fsp3) is 0.211. The highest BCUT2D eigenvalue weighted by Gasteiger charge is 2.18. The number of esters is 1. The van der Waals surface area contributed by atoms with Crippen molar-refractivity contribution in [2.24, 2.45) is 0 Å². The van der Waals surface area contributed by atoms with E-state index in [0.29, 0.717) is 27.2 Å². The SMILES string of the molecule is COC(=O)c1cc2cc(Cl)cc(CNC(=O)Cc3cnccn3)c2nc1OC. The number of hydrogen-bond acceptors (Lipinski definition) is 7. The number of amides is 1. The van der Waals surface area contributed by atoms with Crippen LogP contribution in [0.4, 0.5) is 0 Å². The quantitative estimate of drug-likeness (QED) is 0.633. The van der Waals surface area contributed by atoms with Crippen molar-refractivity contribution in [1.82, 2.24) is 20.3 Å². The second-order valence-electron chi connectivity index (χ2n) is 5.82. The van der Waals surface area contributed by atoms with Gasteiger partial charge in [0.1, 0.15) is 5.56 Å². The van der Waals surface area contributed by atoms with Crippen LogP contribution in [0.2, 0.25) is 5.02 Å². The molecule has 0 saturated carbocycles. The number of carbonyl (C=O) groups excluding carboxylic acids is 2. The number of aromatic nitrogens is 3. The van der Waals surface area contributed by atoms with Gasteiger partial charge >= 0.3 is 5.97 Å². The Morgan fingerprint density at radius 1 is 1.18 bits per heavy atom. The number of benzene rings is 1. The molecule has 0 aliphatic heterocycles. The molecule has 2 heterocycles. The molecule has 0 spiro atoms. The molecule has 0 unspecified atom stereocenters.